The fraction of sp³-hybridized carbons (Fsp3) is 0.235. The number of pyridine rings is 1. The number of benzene rings is 1. The lowest BCUT2D eigenvalue weighted by Gasteiger charge is -2.08. The fourth-order valence-electron chi connectivity index (χ4n) is 1.92. The van der Waals surface area contributed by atoms with E-state index in [4.69, 9.17) is 9.47 Å². The minimum absolute atomic E-state index is 0.104. The Morgan fingerprint density at radius 2 is 1.92 bits per heavy atom. The topological polar surface area (TPSA) is 65.5 Å². The van der Waals surface area contributed by atoms with Crippen molar-refractivity contribution in [2.45, 2.75) is 17.7 Å². The average Bonchev–Trinajstić information content (AvgIpc) is 2.60. The van der Waals surface area contributed by atoms with Crippen LogP contribution in [-0.2, 0) is 4.74 Å². The first-order valence-electron chi connectivity index (χ1n) is 7.34. The highest BCUT2D eigenvalue weighted by Gasteiger charge is 2.19. The number of carbonyl (C=O) groups is 2. The number of aromatic nitrogens is 1. The standard InChI is InChI=1S/C17H15F2NO4S/c1-2-23-12-7-5-11(6-8-12)14(21)10-24-16(22)13-4-3-9-20-15(13)25-17(18)19/h3-9,17H,2,10H2,1H3. The van der Waals surface area contributed by atoms with Gasteiger partial charge in [0, 0.05) is 11.8 Å². The van der Waals surface area contributed by atoms with Crippen molar-refractivity contribution in [1.82, 2.24) is 4.98 Å². The van der Waals surface area contributed by atoms with Crippen molar-refractivity contribution >= 4 is 23.5 Å². The third-order valence-electron chi connectivity index (χ3n) is 3.01. The van der Waals surface area contributed by atoms with Gasteiger partial charge in [-0.05, 0) is 55.1 Å². The van der Waals surface area contributed by atoms with Gasteiger partial charge in [-0.25, -0.2) is 9.78 Å². The zero-order valence-corrected chi connectivity index (χ0v) is 14.1. The van der Waals surface area contributed by atoms with Crippen molar-refractivity contribution in [3.8, 4) is 5.75 Å². The maximum absolute atomic E-state index is 12.5. The van der Waals surface area contributed by atoms with Gasteiger partial charge >= 0.3 is 5.97 Å². The van der Waals surface area contributed by atoms with Crippen LogP contribution in [0.2, 0.25) is 0 Å². The Labute approximate surface area is 147 Å². The van der Waals surface area contributed by atoms with Crippen molar-refractivity contribution in [3.63, 3.8) is 0 Å². The first kappa shape index (κ1) is 18.9. The molecular formula is C17H15F2NO4S. The van der Waals surface area contributed by atoms with Crippen molar-refractivity contribution in [1.29, 1.82) is 0 Å². The van der Waals surface area contributed by atoms with Crippen LogP contribution in [0.25, 0.3) is 0 Å². The molecule has 0 unspecified atom stereocenters. The fourth-order valence-corrected chi connectivity index (χ4v) is 2.49. The maximum atomic E-state index is 12.5. The average molecular weight is 367 g/mol. The molecule has 0 aliphatic carbocycles. The van der Waals surface area contributed by atoms with Crippen LogP contribution in [0.3, 0.4) is 0 Å². The Kier molecular flexibility index (Phi) is 6.88. The monoisotopic (exact) mass is 367 g/mol. The summed E-state index contributed by atoms with van der Waals surface area (Å²) in [4.78, 5) is 27.8. The summed E-state index contributed by atoms with van der Waals surface area (Å²) in [5.41, 5.74) is 0.247. The van der Waals surface area contributed by atoms with Crippen molar-refractivity contribution < 1.29 is 27.8 Å². The van der Waals surface area contributed by atoms with Gasteiger partial charge in [0.05, 0.1) is 12.2 Å². The Morgan fingerprint density at radius 3 is 2.56 bits per heavy atom. The minimum atomic E-state index is -2.72. The van der Waals surface area contributed by atoms with Gasteiger partial charge in [0.2, 0.25) is 0 Å². The van der Waals surface area contributed by atoms with Crippen LogP contribution >= 0.6 is 11.8 Å². The summed E-state index contributed by atoms with van der Waals surface area (Å²) >= 11 is 0.146. The summed E-state index contributed by atoms with van der Waals surface area (Å²) in [6.07, 6.45) is 1.30. The molecule has 2 aromatic rings. The second-order valence-corrected chi connectivity index (χ2v) is 5.67. The van der Waals surface area contributed by atoms with Gasteiger partial charge in [-0.2, -0.15) is 8.78 Å². The van der Waals surface area contributed by atoms with Crippen LogP contribution in [0, 0.1) is 0 Å². The Morgan fingerprint density at radius 1 is 1.20 bits per heavy atom. The molecule has 8 heteroatoms. The third kappa shape index (κ3) is 5.53. The zero-order chi connectivity index (χ0) is 18.2. The van der Waals surface area contributed by atoms with Crippen LogP contribution in [0.15, 0.2) is 47.6 Å². The number of hydrogen-bond acceptors (Lipinski definition) is 6. The summed E-state index contributed by atoms with van der Waals surface area (Å²) in [6, 6.07) is 9.14. The lowest BCUT2D eigenvalue weighted by Crippen LogP contribution is -2.15. The number of ether oxygens (including phenoxy) is 2. The van der Waals surface area contributed by atoms with Crippen LogP contribution < -0.4 is 4.74 Å². The number of ketones is 1. The van der Waals surface area contributed by atoms with Crippen LogP contribution in [-0.4, -0.2) is 35.7 Å². The van der Waals surface area contributed by atoms with E-state index in [0.29, 0.717) is 17.9 Å². The number of alkyl halides is 2. The molecule has 1 aromatic heterocycles. The van der Waals surface area contributed by atoms with Gasteiger partial charge < -0.3 is 9.47 Å². The molecule has 0 spiro atoms. The summed E-state index contributed by atoms with van der Waals surface area (Å²) in [5, 5.41) is -0.143. The van der Waals surface area contributed by atoms with Gasteiger partial charge in [-0.1, -0.05) is 0 Å². The normalized spacial score (nSPS) is 10.6. The molecule has 0 N–H and O–H groups in total. The zero-order valence-electron chi connectivity index (χ0n) is 13.3. The molecule has 132 valence electrons. The number of hydrogen-bond donors (Lipinski definition) is 0. The Balaban J connectivity index is 1.98. The van der Waals surface area contributed by atoms with E-state index in [2.05, 4.69) is 4.98 Å². The Bertz CT molecular complexity index is 738. The van der Waals surface area contributed by atoms with E-state index in [0.717, 1.165) is 0 Å². The molecule has 0 fully saturated rings. The molecule has 0 saturated carbocycles. The molecule has 0 aliphatic heterocycles. The van der Waals surface area contributed by atoms with Crippen LogP contribution in [0.4, 0.5) is 8.78 Å². The summed E-state index contributed by atoms with van der Waals surface area (Å²) in [7, 11) is 0. The number of halogens is 2. The number of esters is 1. The van der Waals surface area contributed by atoms with E-state index in [1.165, 1.54) is 18.3 Å². The van der Waals surface area contributed by atoms with Crippen molar-refractivity contribution in [2.24, 2.45) is 0 Å². The van der Waals surface area contributed by atoms with Gasteiger partial charge in [0.15, 0.2) is 12.4 Å². The number of rotatable bonds is 8. The second-order valence-electron chi connectivity index (χ2n) is 4.69. The summed E-state index contributed by atoms with van der Waals surface area (Å²) < 4.78 is 35.2. The first-order valence-corrected chi connectivity index (χ1v) is 8.22. The quantitative estimate of drug-likeness (QED) is 0.401. The largest absolute Gasteiger partial charge is 0.494 e. The number of thioether (sulfide) groups is 1. The molecule has 1 aromatic carbocycles. The highest BCUT2D eigenvalue weighted by atomic mass is 32.2. The molecule has 5 nitrogen and oxygen atoms in total. The summed E-state index contributed by atoms with van der Waals surface area (Å²) in [5.74, 6) is -3.38. The van der Waals surface area contributed by atoms with E-state index in [1.807, 2.05) is 6.92 Å². The minimum Gasteiger partial charge on any atom is -0.494 e. The van der Waals surface area contributed by atoms with Crippen molar-refractivity contribution in [2.75, 3.05) is 13.2 Å². The molecule has 0 aliphatic rings. The lowest BCUT2D eigenvalue weighted by molar-refractivity contribution is 0.0470. The molecular weight excluding hydrogens is 352 g/mol. The van der Waals surface area contributed by atoms with Crippen LogP contribution in [0.1, 0.15) is 27.6 Å². The van der Waals surface area contributed by atoms with Gasteiger partial charge in [-0.3, -0.25) is 4.79 Å². The Hall–Kier alpha value is -2.48. The first-order chi connectivity index (χ1) is 12.0. The van der Waals surface area contributed by atoms with E-state index < -0.39 is 24.1 Å². The SMILES string of the molecule is CCOc1ccc(C(=O)COC(=O)c2cccnc2SC(F)F)cc1. The summed E-state index contributed by atoms with van der Waals surface area (Å²) in [6.45, 7) is 1.85. The molecule has 2 rings (SSSR count). The number of carbonyl (C=O) groups excluding carboxylic acids is 2. The molecule has 0 amide bonds. The highest BCUT2D eigenvalue weighted by Crippen LogP contribution is 2.26. The molecule has 0 bridgehead atoms. The number of nitrogens with zero attached hydrogens (tertiary/aromatic N) is 1. The lowest BCUT2D eigenvalue weighted by atomic mass is 10.1. The van der Waals surface area contributed by atoms with Crippen LogP contribution in [0.5, 0.6) is 5.75 Å². The van der Waals surface area contributed by atoms with Crippen molar-refractivity contribution in [3.05, 3.63) is 53.7 Å². The maximum Gasteiger partial charge on any atom is 0.341 e. The molecule has 0 atom stereocenters. The molecule has 0 saturated heterocycles. The van der Waals surface area contributed by atoms with E-state index >= 15 is 0 Å². The van der Waals surface area contributed by atoms with E-state index in [9.17, 15) is 18.4 Å². The molecule has 25 heavy (non-hydrogen) atoms. The second kappa shape index (κ2) is 9.12. The molecule has 1 heterocycles. The molecule has 0 radical (unpaired) electrons. The third-order valence-corrected chi connectivity index (χ3v) is 3.74. The van der Waals surface area contributed by atoms with Gasteiger partial charge in [-0.15, -0.1) is 0 Å². The predicted molar refractivity (Wildman–Crippen MR) is 88.3 cm³/mol. The smallest absolute Gasteiger partial charge is 0.341 e. The number of Topliss-reactive ketones (excluding diaryl/α,β-unsaturated/α-hetero) is 1. The highest BCUT2D eigenvalue weighted by molar-refractivity contribution is 7.99. The van der Waals surface area contributed by atoms with Gasteiger partial charge in [0.25, 0.3) is 5.76 Å². The predicted octanol–water partition coefficient (Wildman–Crippen LogP) is 3.83. The van der Waals surface area contributed by atoms with E-state index in [1.54, 1.807) is 24.3 Å². The van der Waals surface area contributed by atoms with E-state index in [-0.39, 0.29) is 22.4 Å². The van der Waals surface area contributed by atoms with Gasteiger partial charge in [0.1, 0.15) is 10.8 Å².